The second-order valence-electron chi connectivity index (χ2n) is 8.16. The molecule has 0 bridgehead atoms. The Labute approximate surface area is 166 Å². The summed E-state index contributed by atoms with van der Waals surface area (Å²) in [5.41, 5.74) is 0. The van der Waals surface area contributed by atoms with E-state index in [4.69, 9.17) is 0 Å². The van der Waals surface area contributed by atoms with Crippen LogP contribution in [-0.4, -0.2) is 58.8 Å². The molecule has 1 aliphatic carbocycles. The summed E-state index contributed by atoms with van der Waals surface area (Å²) in [6.45, 7) is 1.000. The molecule has 2 aliphatic heterocycles. The van der Waals surface area contributed by atoms with Gasteiger partial charge in [-0.1, -0.05) is 12.8 Å². The summed E-state index contributed by atoms with van der Waals surface area (Å²) in [5.74, 6) is -0.170. The molecule has 8 heteroatoms. The van der Waals surface area contributed by atoms with Gasteiger partial charge in [0.1, 0.15) is 0 Å². The van der Waals surface area contributed by atoms with Crippen molar-refractivity contribution in [3.63, 3.8) is 0 Å². The van der Waals surface area contributed by atoms with Gasteiger partial charge in [-0.3, -0.25) is 19.4 Å². The summed E-state index contributed by atoms with van der Waals surface area (Å²) in [4.78, 5) is 51.7. The molecule has 0 atom stereocenters. The van der Waals surface area contributed by atoms with E-state index in [1.807, 2.05) is 0 Å². The molecular formula is C20H32N4O4. The Morgan fingerprint density at radius 2 is 1.04 bits per heavy atom. The first-order valence-corrected chi connectivity index (χ1v) is 10.8. The number of imide groups is 2. The predicted octanol–water partition coefficient (Wildman–Crippen LogP) is 2.52. The first-order chi connectivity index (χ1) is 13.5. The third-order valence-electron chi connectivity index (χ3n) is 6.02. The molecule has 0 radical (unpaired) electrons. The van der Waals surface area contributed by atoms with Crippen LogP contribution in [0.3, 0.4) is 0 Å². The molecule has 3 rings (SSSR count). The summed E-state index contributed by atoms with van der Waals surface area (Å²) >= 11 is 0. The monoisotopic (exact) mass is 392 g/mol. The number of nitrogens with one attached hydrogen (secondary N) is 2. The van der Waals surface area contributed by atoms with Gasteiger partial charge in [0.15, 0.2) is 0 Å². The van der Waals surface area contributed by atoms with Gasteiger partial charge < -0.3 is 10.6 Å². The van der Waals surface area contributed by atoms with E-state index in [9.17, 15) is 19.2 Å². The Morgan fingerprint density at radius 3 is 1.43 bits per heavy atom. The van der Waals surface area contributed by atoms with Crippen LogP contribution < -0.4 is 10.6 Å². The molecule has 156 valence electrons. The van der Waals surface area contributed by atoms with E-state index in [-0.39, 0.29) is 36.0 Å². The third-order valence-corrected chi connectivity index (χ3v) is 6.02. The highest BCUT2D eigenvalue weighted by molar-refractivity contribution is 5.95. The number of nitrogens with zero attached hydrogens (tertiary/aromatic N) is 2. The van der Waals surface area contributed by atoms with E-state index in [2.05, 4.69) is 10.6 Å². The molecule has 6 amide bonds. The summed E-state index contributed by atoms with van der Waals surface area (Å²) in [6.07, 6.45) is 9.33. The molecule has 8 nitrogen and oxygen atoms in total. The minimum Gasteiger partial charge on any atom is -0.335 e. The molecule has 3 aliphatic rings. The summed E-state index contributed by atoms with van der Waals surface area (Å²) in [7, 11) is 0. The van der Waals surface area contributed by atoms with Crippen molar-refractivity contribution in [2.75, 3.05) is 13.1 Å². The van der Waals surface area contributed by atoms with Crippen LogP contribution in [0.25, 0.3) is 0 Å². The SMILES string of the molecule is O=C1CCCCCN1C(=O)N[C@H]1CC[C@H](NC(=O)N2CCCCCC2=O)CC1. The fourth-order valence-corrected chi connectivity index (χ4v) is 4.28. The summed E-state index contributed by atoms with van der Waals surface area (Å²) in [5, 5.41) is 5.98. The summed E-state index contributed by atoms with van der Waals surface area (Å²) in [6, 6.07) is -0.517. The standard InChI is InChI=1S/C20H32N4O4/c25-17-7-3-1-5-13-23(17)19(27)21-15-9-11-16(12-10-15)22-20(28)24-14-6-2-4-8-18(24)26/h15-16H,1-14H2,(H,21,27)(H,22,28)/t15-,16-. The van der Waals surface area contributed by atoms with Crippen molar-refractivity contribution < 1.29 is 19.2 Å². The fourth-order valence-electron chi connectivity index (χ4n) is 4.28. The number of carbonyl (C=O) groups is 4. The van der Waals surface area contributed by atoms with Gasteiger partial charge in [0.2, 0.25) is 11.8 Å². The number of amides is 6. The maximum Gasteiger partial charge on any atom is 0.324 e. The fraction of sp³-hybridized carbons (Fsp3) is 0.800. The topological polar surface area (TPSA) is 98.8 Å². The molecule has 2 saturated heterocycles. The Hall–Kier alpha value is -2.12. The molecule has 2 heterocycles. The zero-order valence-electron chi connectivity index (χ0n) is 16.6. The lowest BCUT2D eigenvalue weighted by atomic mass is 9.91. The largest absolute Gasteiger partial charge is 0.335 e. The summed E-state index contributed by atoms with van der Waals surface area (Å²) < 4.78 is 0. The van der Waals surface area contributed by atoms with Crippen LogP contribution in [0.5, 0.6) is 0 Å². The molecule has 0 unspecified atom stereocenters. The van der Waals surface area contributed by atoms with Crippen LogP contribution in [-0.2, 0) is 9.59 Å². The number of hydrogen-bond donors (Lipinski definition) is 2. The van der Waals surface area contributed by atoms with Gasteiger partial charge in [-0.05, 0) is 51.4 Å². The lowest BCUT2D eigenvalue weighted by Gasteiger charge is -2.32. The molecule has 0 spiro atoms. The number of urea groups is 2. The van der Waals surface area contributed by atoms with E-state index in [1.165, 1.54) is 9.80 Å². The Morgan fingerprint density at radius 1 is 0.643 bits per heavy atom. The average Bonchev–Trinajstić information content (AvgIpc) is 3.03. The molecule has 0 aromatic carbocycles. The molecule has 0 aromatic rings. The van der Waals surface area contributed by atoms with Gasteiger partial charge in [-0.25, -0.2) is 9.59 Å². The minimum atomic E-state index is -0.283. The Kier molecular flexibility index (Phi) is 7.28. The first-order valence-electron chi connectivity index (χ1n) is 10.8. The van der Waals surface area contributed by atoms with E-state index in [0.717, 1.165) is 64.2 Å². The normalized spacial score (nSPS) is 27.0. The molecule has 2 N–H and O–H groups in total. The van der Waals surface area contributed by atoms with Gasteiger partial charge in [0, 0.05) is 38.0 Å². The number of carbonyl (C=O) groups excluding carboxylic acids is 4. The molecule has 28 heavy (non-hydrogen) atoms. The van der Waals surface area contributed by atoms with Crippen LogP contribution in [0.4, 0.5) is 9.59 Å². The zero-order valence-corrected chi connectivity index (χ0v) is 16.6. The highest BCUT2D eigenvalue weighted by Crippen LogP contribution is 2.20. The van der Waals surface area contributed by atoms with E-state index >= 15 is 0 Å². The average molecular weight is 393 g/mol. The lowest BCUT2D eigenvalue weighted by Crippen LogP contribution is -2.51. The quantitative estimate of drug-likeness (QED) is 0.754. The van der Waals surface area contributed by atoms with Gasteiger partial charge in [-0.15, -0.1) is 0 Å². The maximum atomic E-state index is 12.4. The van der Waals surface area contributed by atoms with Crippen molar-refractivity contribution in [1.29, 1.82) is 0 Å². The molecular weight excluding hydrogens is 360 g/mol. The Bertz CT molecular complexity index is 549. The highest BCUT2D eigenvalue weighted by atomic mass is 16.2. The predicted molar refractivity (Wildman–Crippen MR) is 103 cm³/mol. The van der Waals surface area contributed by atoms with Crippen molar-refractivity contribution in [2.45, 2.75) is 89.1 Å². The minimum absolute atomic E-state index is 0.0246. The van der Waals surface area contributed by atoms with Gasteiger partial charge >= 0.3 is 12.1 Å². The van der Waals surface area contributed by atoms with E-state index in [1.54, 1.807) is 0 Å². The van der Waals surface area contributed by atoms with Crippen molar-refractivity contribution in [3.8, 4) is 0 Å². The lowest BCUT2D eigenvalue weighted by molar-refractivity contribution is -0.128. The number of rotatable bonds is 2. The second-order valence-corrected chi connectivity index (χ2v) is 8.16. The molecule has 3 fully saturated rings. The second kappa shape index (κ2) is 9.89. The third kappa shape index (κ3) is 5.45. The van der Waals surface area contributed by atoms with Crippen LogP contribution in [0.15, 0.2) is 0 Å². The van der Waals surface area contributed by atoms with E-state index in [0.29, 0.717) is 25.9 Å². The maximum absolute atomic E-state index is 12.4. The number of hydrogen-bond acceptors (Lipinski definition) is 4. The van der Waals surface area contributed by atoms with Gasteiger partial charge in [0.25, 0.3) is 0 Å². The van der Waals surface area contributed by atoms with Gasteiger partial charge in [-0.2, -0.15) is 0 Å². The van der Waals surface area contributed by atoms with Crippen LogP contribution in [0.1, 0.15) is 77.0 Å². The molecule has 1 saturated carbocycles. The van der Waals surface area contributed by atoms with Crippen LogP contribution in [0, 0.1) is 0 Å². The Balaban J connectivity index is 1.42. The number of likely N-dealkylation sites (tertiary alicyclic amines) is 2. The van der Waals surface area contributed by atoms with Crippen molar-refractivity contribution in [2.24, 2.45) is 0 Å². The first kappa shape index (κ1) is 20.6. The zero-order chi connectivity index (χ0) is 19.9. The highest BCUT2D eigenvalue weighted by Gasteiger charge is 2.30. The molecule has 0 aromatic heterocycles. The van der Waals surface area contributed by atoms with Crippen molar-refractivity contribution in [1.82, 2.24) is 20.4 Å². The van der Waals surface area contributed by atoms with Crippen LogP contribution >= 0.6 is 0 Å². The van der Waals surface area contributed by atoms with Crippen LogP contribution in [0.2, 0.25) is 0 Å². The van der Waals surface area contributed by atoms with E-state index < -0.39 is 0 Å². The van der Waals surface area contributed by atoms with Gasteiger partial charge in [0.05, 0.1) is 0 Å². The van der Waals surface area contributed by atoms with Crippen molar-refractivity contribution >= 4 is 23.9 Å². The van der Waals surface area contributed by atoms with Crippen molar-refractivity contribution in [3.05, 3.63) is 0 Å². The smallest absolute Gasteiger partial charge is 0.324 e.